The molecule has 0 aliphatic carbocycles. The zero-order valence-corrected chi connectivity index (χ0v) is 14.8. The van der Waals surface area contributed by atoms with E-state index in [1.807, 2.05) is 23.1 Å². The number of thiocarbonyl (C=S) groups is 1. The van der Waals surface area contributed by atoms with Gasteiger partial charge in [-0.25, -0.2) is 4.98 Å². The van der Waals surface area contributed by atoms with Crippen LogP contribution in [0.1, 0.15) is 10.4 Å². The third-order valence-electron chi connectivity index (χ3n) is 4.11. The van der Waals surface area contributed by atoms with E-state index >= 15 is 0 Å². The zero-order valence-electron chi connectivity index (χ0n) is 14.0. The number of nitrogens with zero attached hydrogens (tertiary/aromatic N) is 3. The van der Waals surface area contributed by atoms with Gasteiger partial charge in [-0.15, -0.1) is 0 Å². The topological polar surface area (TPSA) is 57.7 Å². The Bertz CT molecular complexity index is 729. The van der Waals surface area contributed by atoms with E-state index in [9.17, 15) is 4.79 Å². The first-order valence-electron chi connectivity index (χ1n) is 8.07. The normalized spacial score (nSPS) is 14.1. The molecular formula is C18H20N4O2S. The van der Waals surface area contributed by atoms with Gasteiger partial charge in [-0.05, 0) is 48.6 Å². The lowest BCUT2D eigenvalue weighted by Crippen LogP contribution is -2.52. The summed E-state index contributed by atoms with van der Waals surface area (Å²) in [4.78, 5) is 20.9. The molecule has 1 aliphatic heterocycles. The minimum Gasteiger partial charge on any atom is -0.497 e. The van der Waals surface area contributed by atoms with Crippen molar-refractivity contribution in [2.75, 3.05) is 38.2 Å². The van der Waals surface area contributed by atoms with Crippen molar-refractivity contribution in [1.82, 2.24) is 15.2 Å². The summed E-state index contributed by atoms with van der Waals surface area (Å²) in [5.41, 5.74) is 0.551. The van der Waals surface area contributed by atoms with Crippen LogP contribution in [0.3, 0.4) is 0 Å². The summed E-state index contributed by atoms with van der Waals surface area (Å²) in [6.07, 6.45) is 1.79. The van der Waals surface area contributed by atoms with Gasteiger partial charge in [-0.3, -0.25) is 10.1 Å². The maximum absolute atomic E-state index is 12.3. The van der Waals surface area contributed by atoms with Crippen molar-refractivity contribution in [3.05, 3.63) is 54.2 Å². The Kier molecular flexibility index (Phi) is 5.45. The van der Waals surface area contributed by atoms with Crippen molar-refractivity contribution in [2.24, 2.45) is 0 Å². The monoisotopic (exact) mass is 356 g/mol. The molecule has 0 radical (unpaired) electrons. The third kappa shape index (κ3) is 4.24. The zero-order chi connectivity index (χ0) is 17.6. The summed E-state index contributed by atoms with van der Waals surface area (Å²) in [5, 5.41) is 3.26. The van der Waals surface area contributed by atoms with E-state index in [0.717, 1.165) is 32.0 Å². The number of hydrogen-bond donors (Lipinski definition) is 1. The summed E-state index contributed by atoms with van der Waals surface area (Å²) in [5.74, 6) is 1.47. The summed E-state index contributed by atoms with van der Waals surface area (Å²) < 4.78 is 5.10. The predicted octanol–water partition coefficient (Wildman–Crippen LogP) is 1.93. The summed E-state index contributed by atoms with van der Waals surface area (Å²) in [6, 6.07) is 12.8. The fourth-order valence-electron chi connectivity index (χ4n) is 2.67. The molecule has 0 unspecified atom stereocenters. The first kappa shape index (κ1) is 17.2. The fraction of sp³-hybridized carbons (Fsp3) is 0.278. The van der Waals surface area contributed by atoms with Crippen LogP contribution < -0.4 is 15.0 Å². The largest absolute Gasteiger partial charge is 0.497 e. The SMILES string of the molecule is COc1ccc(C(=O)NC(=S)N2CCN(c3ccccn3)CC2)cc1. The molecule has 1 amide bonds. The molecule has 130 valence electrons. The number of benzene rings is 1. The maximum Gasteiger partial charge on any atom is 0.257 e. The molecule has 1 aliphatic rings. The van der Waals surface area contributed by atoms with Gasteiger partial charge in [0.15, 0.2) is 5.11 Å². The number of carbonyl (C=O) groups is 1. The fourth-order valence-corrected chi connectivity index (χ4v) is 2.95. The highest BCUT2D eigenvalue weighted by Crippen LogP contribution is 2.13. The van der Waals surface area contributed by atoms with Gasteiger partial charge in [-0.2, -0.15) is 0 Å². The van der Waals surface area contributed by atoms with Gasteiger partial charge < -0.3 is 14.5 Å². The van der Waals surface area contributed by atoms with Crippen molar-refractivity contribution in [3.8, 4) is 5.75 Å². The Balaban J connectivity index is 1.53. The van der Waals surface area contributed by atoms with Crippen LogP contribution >= 0.6 is 12.2 Å². The first-order chi connectivity index (χ1) is 12.2. The van der Waals surface area contributed by atoms with E-state index < -0.39 is 0 Å². The highest BCUT2D eigenvalue weighted by molar-refractivity contribution is 7.80. The molecule has 25 heavy (non-hydrogen) atoms. The van der Waals surface area contributed by atoms with Crippen LogP contribution in [0.2, 0.25) is 0 Å². The van der Waals surface area contributed by atoms with Crippen LogP contribution in [0.5, 0.6) is 5.75 Å². The Morgan fingerprint density at radius 1 is 1.12 bits per heavy atom. The molecule has 1 aromatic carbocycles. The smallest absolute Gasteiger partial charge is 0.257 e. The van der Waals surface area contributed by atoms with E-state index in [4.69, 9.17) is 17.0 Å². The van der Waals surface area contributed by atoms with Crippen LogP contribution in [0.15, 0.2) is 48.7 Å². The lowest BCUT2D eigenvalue weighted by Gasteiger charge is -2.36. The summed E-state index contributed by atoms with van der Waals surface area (Å²) >= 11 is 5.39. The van der Waals surface area contributed by atoms with Crippen molar-refractivity contribution >= 4 is 29.1 Å². The minimum atomic E-state index is -0.209. The number of amides is 1. The number of aromatic nitrogens is 1. The molecule has 0 bridgehead atoms. The van der Waals surface area contributed by atoms with Crippen LogP contribution in [0.25, 0.3) is 0 Å². The predicted molar refractivity (Wildman–Crippen MR) is 101 cm³/mol. The highest BCUT2D eigenvalue weighted by atomic mass is 32.1. The Morgan fingerprint density at radius 3 is 2.44 bits per heavy atom. The number of pyridine rings is 1. The quantitative estimate of drug-likeness (QED) is 0.848. The standard InChI is InChI=1S/C18H20N4O2S/c1-24-15-7-5-14(6-8-15)17(23)20-18(25)22-12-10-21(11-13-22)16-4-2-3-9-19-16/h2-9H,10-13H2,1H3,(H,20,23,25). The second-order valence-corrected chi connectivity index (χ2v) is 6.04. The number of ether oxygens (including phenoxy) is 1. The van der Waals surface area contributed by atoms with Gasteiger partial charge in [0, 0.05) is 37.9 Å². The van der Waals surface area contributed by atoms with Gasteiger partial charge in [0.2, 0.25) is 0 Å². The van der Waals surface area contributed by atoms with Gasteiger partial charge in [0.1, 0.15) is 11.6 Å². The molecule has 1 fully saturated rings. The number of anilines is 1. The molecule has 1 N–H and O–H groups in total. The van der Waals surface area contributed by atoms with Crippen molar-refractivity contribution < 1.29 is 9.53 Å². The summed E-state index contributed by atoms with van der Waals surface area (Å²) in [6.45, 7) is 3.13. The molecule has 0 saturated carbocycles. The molecule has 6 nitrogen and oxygen atoms in total. The molecule has 2 heterocycles. The van der Waals surface area contributed by atoms with Crippen molar-refractivity contribution in [2.45, 2.75) is 0 Å². The van der Waals surface area contributed by atoms with Crippen molar-refractivity contribution in [3.63, 3.8) is 0 Å². The first-order valence-corrected chi connectivity index (χ1v) is 8.48. The van der Waals surface area contributed by atoms with Crippen LogP contribution in [0, 0.1) is 0 Å². The number of carbonyl (C=O) groups excluding carboxylic acids is 1. The molecule has 2 aromatic rings. The average molecular weight is 356 g/mol. The Hall–Kier alpha value is -2.67. The number of piperazine rings is 1. The van der Waals surface area contributed by atoms with Gasteiger partial charge >= 0.3 is 0 Å². The van der Waals surface area contributed by atoms with Gasteiger partial charge in [-0.1, -0.05) is 6.07 Å². The number of methoxy groups -OCH3 is 1. The second kappa shape index (κ2) is 7.94. The maximum atomic E-state index is 12.3. The van der Waals surface area contributed by atoms with Crippen LogP contribution in [0.4, 0.5) is 5.82 Å². The van der Waals surface area contributed by atoms with Crippen LogP contribution in [-0.4, -0.2) is 54.2 Å². The molecule has 3 rings (SSSR count). The van der Waals surface area contributed by atoms with E-state index in [1.54, 1.807) is 37.6 Å². The molecular weight excluding hydrogens is 336 g/mol. The number of nitrogens with one attached hydrogen (secondary N) is 1. The second-order valence-electron chi connectivity index (χ2n) is 5.65. The van der Waals surface area contributed by atoms with E-state index in [2.05, 4.69) is 15.2 Å². The van der Waals surface area contributed by atoms with E-state index in [1.165, 1.54) is 0 Å². The molecule has 0 atom stereocenters. The average Bonchev–Trinajstić information content (AvgIpc) is 2.68. The Morgan fingerprint density at radius 2 is 1.84 bits per heavy atom. The lowest BCUT2D eigenvalue weighted by molar-refractivity contribution is 0.0973. The number of rotatable bonds is 3. The Labute approximate surface area is 152 Å². The molecule has 1 saturated heterocycles. The molecule has 0 spiro atoms. The van der Waals surface area contributed by atoms with Crippen molar-refractivity contribution in [1.29, 1.82) is 0 Å². The van der Waals surface area contributed by atoms with Gasteiger partial charge in [0.25, 0.3) is 5.91 Å². The third-order valence-corrected chi connectivity index (χ3v) is 4.47. The van der Waals surface area contributed by atoms with E-state index in [-0.39, 0.29) is 5.91 Å². The number of hydrogen-bond acceptors (Lipinski definition) is 5. The molecule has 7 heteroatoms. The van der Waals surface area contributed by atoms with E-state index in [0.29, 0.717) is 16.4 Å². The minimum absolute atomic E-state index is 0.209. The lowest BCUT2D eigenvalue weighted by atomic mass is 10.2. The summed E-state index contributed by atoms with van der Waals surface area (Å²) in [7, 11) is 1.59. The van der Waals surface area contributed by atoms with Crippen LogP contribution in [-0.2, 0) is 0 Å². The van der Waals surface area contributed by atoms with Gasteiger partial charge in [0.05, 0.1) is 7.11 Å². The highest BCUT2D eigenvalue weighted by Gasteiger charge is 2.21. The molecule has 1 aromatic heterocycles.